The molecule has 6 aromatic carbocycles. The van der Waals surface area contributed by atoms with Gasteiger partial charge in [0.25, 0.3) is 0 Å². The van der Waals surface area contributed by atoms with Crippen LogP contribution < -0.4 is 0 Å². The first-order valence-electron chi connectivity index (χ1n) is 16.2. The van der Waals surface area contributed by atoms with Crippen LogP contribution in [0, 0.1) is 33.4 Å². The number of aryl methyl sites for hydroxylation is 2. The zero-order valence-electron chi connectivity index (χ0n) is 28.2. The fraction of sp³-hybridized carbons (Fsp3) is 0.0426. The maximum atomic E-state index is 4.76. The predicted molar refractivity (Wildman–Crippen MR) is 206 cm³/mol. The van der Waals surface area contributed by atoms with Crippen molar-refractivity contribution in [1.29, 1.82) is 0 Å². The van der Waals surface area contributed by atoms with Crippen molar-refractivity contribution in [3.8, 4) is 67.0 Å². The van der Waals surface area contributed by atoms with Crippen LogP contribution in [0.15, 0.2) is 158 Å². The molecule has 0 atom stereocenters. The molecule has 2 aliphatic rings. The van der Waals surface area contributed by atoms with Crippen LogP contribution in [-0.2, 0) is 20.1 Å². The van der Waals surface area contributed by atoms with Crippen LogP contribution in [-0.4, -0.2) is 9.97 Å². The zero-order valence-corrected chi connectivity index (χ0v) is 30.6. The molecular formula is C47H35IrN2. The van der Waals surface area contributed by atoms with Crippen molar-refractivity contribution in [3.05, 3.63) is 189 Å². The van der Waals surface area contributed by atoms with E-state index in [1.165, 1.54) is 55.5 Å². The number of pyridine rings is 2. The smallest absolute Gasteiger partial charge is 0.358 e. The summed E-state index contributed by atoms with van der Waals surface area (Å²) in [5, 5.41) is 2.32. The van der Waals surface area contributed by atoms with Gasteiger partial charge in [-0.05, 0) is 104 Å². The zero-order chi connectivity index (χ0) is 32.5. The van der Waals surface area contributed by atoms with Gasteiger partial charge in [0.05, 0.1) is 0 Å². The first-order valence-corrected chi connectivity index (χ1v) is 16.2. The minimum Gasteiger partial charge on any atom is -0.358 e. The van der Waals surface area contributed by atoms with Gasteiger partial charge >= 0.3 is 20.1 Å². The summed E-state index contributed by atoms with van der Waals surface area (Å²) in [6.07, 6.45) is 3.78. The number of hydrogen-bond donors (Lipinski definition) is 0. The van der Waals surface area contributed by atoms with Gasteiger partial charge < -0.3 is 17.4 Å². The molecule has 0 radical (unpaired) electrons. The third-order valence-electron chi connectivity index (χ3n) is 8.90. The monoisotopic (exact) mass is 820 g/mol. The number of benzene rings is 6. The minimum atomic E-state index is 0. The van der Waals surface area contributed by atoms with Gasteiger partial charge in [-0.3, -0.25) is 0 Å². The summed E-state index contributed by atoms with van der Waals surface area (Å²) < 4.78 is 0. The molecule has 0 fully saturated rings. The molecule has 0 amide bonds. The fourth-order valence-electron chi connectivity index (χ4n) is 6.28. The molecule has 0 unspecified atom stereocenters. The van der Waals surface area contributed by atoms with Gasteiger partial charge in [-0.1, -0.05) is 85.8 Å². The van der Waals surface area contributed by atoms with E-state index in [1.54, 1.807) is 0 Å². The summed E-state index contributed by atoms with van der Waals surface area (Å²) in [4.78, 5) is 9.11. The summed E-state index contributed by atoms with van der Waals surface area (Å²) in [5.41, 5.74) is 16.0. The Morgan fingerprint density at radius 1 is 0.480 bits per heavy atom. The van der Waals surface area contributed by atoms with Crippen molar-refractivity contribution in [1.82, 2.24) is 9.97 Å². The first kappa shape index (κ1) is 34.4. The molecule has 50 heavy (non-hydrogen) atoms. The van der Waals surface area contributed by atoms with E-state index in [1.807, 2.05) is 43.6 Å². The molecule has 0 N–H and O–H groups in total. The second kappa shape index (κ2) is 15.0. The predicted octanol–water partition coefficient (Wildman–Crippen LogP) is 12.3. The molecule has 0 saturated heterocycles. The molecule has 2 aromatic heterocycles. The van der Waals surface area contributed by atoms with Crippen LogP contribution in [0.1, 0.15) is 11.1 Å². The van der Waals surface area contributed by atoms with Crippen LogP contribution in [0.3, 0.4) is 0 Å². The van der Waals surface area contributed by atoms with Gasteiger partial charge in [0, 0.05) is 12.4 Å². The van der Waals surface area contributed by atoms with Gasteiger partial charge in [-0.25, -0.2) is 0 Å². The van der Waals surface area contributed by atoms with Crippen molar-refractivity contribution < 1.29 is 20.1 Å². The van der Waals surface area contributed by atoms with Gasteiger partial charge in [-0.2, -0.15) is 0 Å². The molecule has 12 bridgehead atoms. The Hall–Kier alpha value is -5.47. The van der Waals surface area contributed by atoms with E-state index in [0.717, 1.165) is 33.5 Å². The number of fused-ring (bicyclic) bond motifs is 1. The first-order chi connectivity index (χ1) is 23.6. The summed E-state index contributed by atoms with van der Waals surface area (Å²) in [5.74, 6) is 0. The molecule has 10 rings (SSSR count). The molecule has 242 valence electrons. The Labute approximate surface area is 308 Å². The summed E-state index contributed by atoms with van der Waals surface area (Å²) in [6, 6.07) is 58.3. The van der Waals surface area contributed by atoms with Crippen LogP contribution in [0.4, 0.5) is 0 Å². The van der Waals surface area contributed by atoms with Crippen LogP contribution in [0.5, 0.6) is 0 Å². The molecular weight excluding hydrogens is 785 g/mol. The van der Waals surface area contributed by atoms with Crippen molar-refractivity contribution in [2.45, 2.75) is 13.8 Å². The molecule has 0 saturated carbocycles. The van der Waals surface area contributed by atoms with Crippen molar-refractivity contribution >= 4 is 10.8 Å². The average Bonchev–Trinajstić information content (AvgIpc) is 3.15. The normalized spacial score (nSPS) is 10.7. The number of nitrogens with zero attached hydrogens (tertiary/aromatic N) is 2. The Morgan fingerprint density at radius 3 is 1.62 bits per heavy atom. The summed E-state index contributed by atoms with van der Waals surface area (Å²) in [6.45, 7) is 4.10. The Kier molecular flexibility index (Phi) is 10.3. The maximum Gasteiger partial charge on any atom is 3.00 e. The minimum absolute atomic E-state index is 0. The second-order valence-electron chi connectivity index (χ2n) is 12.3. The SMILES string of the molecule is Cc1c[c-]c(-c2ccc(C)cn2)cc1.[CH3-].[Ir+3].[c-]1ccc2cc1-c1nccc3cc(ccc13)-c1cccc(c1)-c1cccc(c1)-c1cccc-2c1. The van der Waals surface area contributed by atoms with E-state index in [-0.39, 0.29) is 27.5 Å². The Morgan fingerprint density at radius 2 is 1.06 bits per heavy atom. The largest absolute Gasteiger partial charge is 3.00 e. The number of aromatic nitrogens is 2. The van der Waals surface area contributed by atoms with Gasteiger partial charge in [-0.15, -0.1) is 70.8 Å². The Bertz CT molecular complexity index is 2370. The molecule has 2 nitrogen and oxygen atoms in total. The number of hydrogen-bond acceptors (Lipinski definition) is 2. The summed E-state index contributed by atoms with van der Waals surface area (Å²) in [7, 11) is 0. The topological polar surface area (TPSA) is 25.8 Å². The molecule has 3 heteroatoms. The maximum absolute atomic E-state index is 4.76. The van der Waals surface area contributed by atoms with Crippen molar-refractivity contribution in [2.75, 3.05) is 0 Å². The fourth-order valence-corrected chi connectivity index (χ4v) is 6.28. The Balaban J connectivity index is 0.000000229. The van der Waals surface area contributed by atoms with Crippen LogP contribution >= 0.6 is 0 Å². The van der Waals surface area contributed by atoms with Crippen molar-refractivity contribution in [2.24, 2.45) is 0 Å². The van der Waals surface area contributed by atoms with Gasteiger partial charge in [0.15, 0.2) is 0 Å². The van der Waals surface area contributed by atoms with Gasteiger partial charge in [0.2, 0.25) is 0 Å². The molecule has 2 heterocycles. The molecule has 0 aliphatic heterocycles. The van der Waals surface area contributed by atoms with Crippen molar-refractivity contribution in [3.63, 3.8) is 0 Å². The molecule has 0 spiro atoms. The van der Waals surface area contributed by atoms with E-state index < -0.39 is 0 Å². The van der Waals surface area contributed by atoms with E-state index in [0.29, 0.717) is 0 Å². The molecule has 2 aliphatic carbocycles. The third-order valence-corrected chi connectivity index (χ3v) is 8.90. The molecule has 8 aromatic rings. The number of rotatable bonds is 1. The van der Waals surface area contributed by atoms with E-state index in [2.05, 4.69) is 145 Å². The van der Waals surface area contributed by atoms with E-state index in [9.17, 15) is 0 Å². The average molecular weight is 820 g/mol. The van der Waals surface area contributed by atoms with Crippen LogP contribution in [0.25, 0.3) is 77.8 Å². The third kappa shape index (κ3) is 7.12. The van der Waals surface area contributed by atoms with E-state index in [4.69, 9.17) is 4.98 Å². The van der Waals surface area contributed by atoms with Crippen LogP contribution in [0.2, 0.25) is 0 Å². The quantitative estimate of drug-likeness (QED) is 0.154. The van der Waals surface area contributed by atoms with Gasteiger partial charge in [0.1, 0.15) is 0 Å². The standard InChI is InChI=1S/C33H20N.C13H12N.CH3.Ir/c1-5-22-17-23(6-1)25-8-3-10-27(19-25)29-13-14-32-30(20-29)15-16-34-33(32)31-12-4-11-28(21-31)26-9-2-7-24(22)18-26;1-10-3-6-12(7-4-10)13-8-5-11(2)9-14-13;;/h1-11,13-21H;3-6,8-9H,1-2H3;1H3;/q3*-1;+3. The summed E-state index contributed by atoms with van der Waals surface area (Å²) >= 11 is 0. The second-order valence-corrected chi connectivity index (χ2v) is 12.3. The van der Waals surface area contributed by atoms with E-state index >= 15 is 0 Å².